The Hall–Kier alpha value is -1.27. The number of ether oxygens (including phenoxy) is 1. The first kappa shape index (κ1) is 23.0. The molecule has 2 atom stereocenters. The Morgan fingerprint density at radius 2 is 1.61 bits per heavy atom. The maximum atomic E-state index is 12.9. The number of nitrogens with zero attached hydrogens (tertiary/aromatic N) is 3. The molecule has 10 nitrogen and oxygen atoms in total. The zero-order valence-corrected chi connectivity index (χ0v) is 18.0. The highest BCUT2D eigenvalue weighted by molar-refractivity contribution is 7.86. The molecule has 0 saturated carbocycles. The van der Waals surface area contributed by atoms with Gasteiger partial charge in [0, 0.05) is 45.8 Å². The average Bonchev–Trinajstić information content (AvgIpc) is 2.59. The van der Waals surface area contributed by atoms with Crippen LogP contribution in [0.25, 0.3) is 0 Å². The number of hydrogen-bond donors (Lipinski definition) is 2. The molecule has 0 spiro atoms. The van der Waals surface area contributed by atoms with E-state index in [1.54, 1.807) is 0 Å². The van der Waals surface area contributed by atoms with Gasteiger partial charge in [0.15, 0.2) is 0 Å². The smallest absolute Gasteiger partial charge is 0.321 e. The summed E-state index contributed by atoms with van der Waals surface area (Å²) in [6.45, 7) is 10.4. The van der Waals surface area contributed by atoms with Crippen LogP contribution < -0.4 is 10.6 Å². The van der Waals surface area contributed by atoms with Gasteiger partial charge in [-0.05, 0) is 19.8 Å². The van der Waals surface area contributed by atoms with Crippen molar-refractivity contribution < 1.29 is 22.7 Å². The molecule has 28 heavy (non-hydrogen) atoms. The number of hydrogen-bond acceptors (Lipinski definition) is 6. The maximum absolute atomic E-state index is 12.9. The van der Waals surface area contributed by atoms with Crippen LogP contribution in [0.15, 0.2) is 0 Å². The molecule has 0 aliphatic carbocycles. The van der Waals surface area contributed by atoms with Gasteiger partial charge < -0.3 is 10.1 Å². The predicted octanol–water partition coefficient (Wildman–Crippen LogP) is -0.560. The highest BCUT2D eigenvalue weighted by Gasteiger charge is 2.36. The molecule has 0 aromatic heterocycles. The van der Waals surface area contributed by atoms with E-state index in [1.165, 1.54) is 8.61 Å². The van der Waals surface area contributed by atoms with Gasteiger partial charge in [-0.15, -0.1) is 0 Å². The first-order chi connectivity index (χ1) is 13.1. The average molecular weight is 420 g/mol. The van der Waals surface area contributed by atoms with Gasteiger partial charge >= 0.3 is 6.03 Å². The number of rotatable bonds is 6. The third-order valence-corrected chi connectivity index (χ3v) is 6.63. The Morgan fingerprint density at radius 1 is 1.04 bits per heavy atom. The molecular weight excluding hydrogens is 386 g/mol. The van der Waals surface area contributed by atoms with Crippen molar-refractivity contribution in [3.05, 3.63) is 0 Å². The Balaban J connectivity index is 1.79. The topological polar surface area (TPSA) is 111 Å². The van der Waals surface area contributed by atoms with E-state index in [4.69, 9.17) is 4.74 Å². The second kappa shape index (κ2) is 9.97. The van der Waals surface area contributed by atoms with E-state index >= 15 is 0 Å². The number of nitrogens with one attached hydrogen (secondary N) is 2. The monoisotopic (exact) mass is 419 g/mol. The molecule has 2 fully saturated rings. The van der Waals surface area contributed by atoms with Gasteiger partial charge in [0.05, 0.1) is 18.8 Å². The first-order valence-electron chi connectivity index (χ1n) is 9.78. The Labute approximate surface area is 167 Å². The van der Waals surface area contributed by atoms with E-state index in [2.05, 4.69) is 10.6 Å². The number of morpholine rings is 1. The number of carbonyl (C=O) groups excluding carboxylic acids is 2. The van der Waals surface area contributed by atoms with Crippen molar-refractivity contribution in [1.29, 1.82) is 0 Å². The lowest BCUT2D eigenvalue weighted by atomic mass is 10.2. The molecule has 0 bridgehead atoms. The lowest BCUT2D eigenvalue weighted by Gasteiger charge is -2.40. The zero-order valence-electron chi connectivity index (χ0n) is 17.2. The third kappa shape index (κ3) is 6.66. The third-order valence-electron chi connectivity index (χ3n) is 4.66. The van der Waals surface area contributed by atoms with Gasteiger partial charge in [-0.3, -0.25) is 15.0 Å². The summed E-state index contributed by atoms with van der Waals surface area (Å²) in [5, 5.41) is 4.93. The summed E-state index contributed by atoms with van der Waals surface area (Å²) in [6.07, 6.45) is -0.268. The fraction of sp³-hybridized carbons (Fsp3) is 0.882. The van der Waals surface area contributed by atoms with E-state index in [0.717, 1.165) is 0 Å². The quantitative estimate of drug-likeness (QED) is 0.597. The Kier molecular flexibility index (Phi) is 8.19. The van der Waals surface area contributed by atoms with Crippen LogP contribution in [-0.2, 0) is 19.7 Å². The van der Waals surface area contributed by atoms with Crippen molar-refractivity contribution in [3.8, 4) is 0 Å². The molecule has 2 saturated heterocycles. The first-order valence-corrected chi connectivity index (χ1v) is 11.2. The van der Waals surface area contributed by atoms with Gasteiger partial charge in [-0.1, -0.05) is 13.8 Å². The molecule has 11 heteroatoms. The molecule has 0 aromatic rings. The SMILES string of the molecule is CC(C)CNC(=O)NC(=O)CN1CCN(S(=O)(=O)N2C[C@H](C)O[C@@H](C)C2)CC1. The molecule has 3 amide bonds. The van der Waals surface area contributed by atoms with Gasteiger partial charge in [0.2, 0.25) is 5.91 Å². The lowest BCUT2D eigenvalue weighted by Crippen LogP contribution is -2.58. The van der Waals surface area contributed by atoms with Gasteiger partial charge in [0.1, 0.15) is 0 Å². The number of urea groups is 1. The molecular formula is C17H33N5O5S. The standard InChI is InChI=1S/C17H33N5O5S/c1-13(2)9-18-17(24)19-16(23)12-20-5-7-21(8-6-20)28(25,26)22-10-14(3)27-15(4)11-22/h13-15H,5-12H2,1-4H3,(H2,18,19,23,24)/t14-,15-/m0/s1. The van der Waals surface area contributed by atoms with E-state index < -0.39 is 22.1 Å². The summed E-state index contributed by atoms with van der Waals surface area (Å²) >= 11 is 0. The van der Waals surface area contributed by atoms with Gasteiger partial charge in [0.25, 0.3) is 10.2 Å². The summed E-state index contributed by atoms with van der Waals surface area (Å²) in [6, 6.07) is -0.504. The van der Waals surface area contributed by atoms with E-state index in [9.17, 15) is 18.0 Å². The van der Waals surface area contributed by atoms with Crippen LogP contribution in [-0.4, -0.2) is 98.4 Å². The van der Waals surface area contributed by atoms with Crippen molar-refractivity contribution in [1.82, 2.24) is 24.1 Å². The van der Waals surface area contributed by atoms with Crippen molar-refractivity contribution in [3.63, 3.8) is 0 Å². The summed E-state index contributed by atoms with van der Waals surface area (Å²) < 4.78 is 34.3. The maximum Gasteiger partial charge on any atom is 0.321 e. The fourth-order valence-corrected chi connectivity index (χ4v) is 5.06. The lowest BCUT2D eigenvalue weighted by molar-refractivity contribution is -0.121. The molecule has 0 aromatic carbocycles. The van der Waals surface area contributed by atoms with Crippen LogP contribution >= 0.6 is 0 Å². The normalized spacial score (nSPS) is 25.6. The summed E-state index contributed by atoms with van der Waals surface area (Å²) in [4.78, 5) is 25.5. The largest absolute Gasteiger partial charge is 0.373 e. The molecule has 2 N–H and O–H groups in total. The summed E-state index contributed by atoms with van der Waals surface area (Å²) in [7, 11) is -3.54. The second-order valence-electron chi connectivity index (χ2n) is 7.91. The highest BCUT2D eigenvalue weighted by Crippen LogP contribution is 2.18. The second-order valence-corrected chi connectivity index (χ2v) is 9.84. The van der Waals surface area contributed by atoms with Crippen molar-refractivity contribution in [2.75, 3.05) is 52.4 Å². The number of imide groups is 1. The van der Waals surface area contributed by atoms with Crippen LogP contribution in [0.3, 0.4) is 0 Å². The number of piperazine rings is 1. The van der Waals surface area contributed by atoms with Crippen molar-refractivity contribution in [2.24, 2.45) is 5.92 Å². The fourth-order valence-electron chi connectivity index (χ4n) is 3.31. The minimum atomic E-state index is -3.54. The van der Waals surface area contributed by atoms with Crippen LogP contribution in [0.2, 0.25) is 0 Å². The molecule has 2 rings (SSSR count). The van der Waals surface area contributed by atoms with Crippen molar-refractivity contribution in [2.45, 2.75) is 39.9 Å². The van der Waals surface area contributed by atoms with Crippen molar-refractivity contribution >= 4 is 22.1 Å². The minimum Gasteiger partial charge on any atom is -0.373 e. The molecule has 0 radical (unpaired) electrons. The number of amides is 3. The highest BCUT2D eigenvalue weighted by atomic mass is 32.2. The molecule has 2 aliphatic rings. The van der Waals surface area contributed by atoms with Crippen LogP contribution in [0.1, 0.15) is 27.7 Å². The summed E-state index contributed by atoms with van der Waals surface area (Å²) in [5.41, 5.74) is 0. The molecule has 162 valence electrons. The van der Waals surface area contributed by atoms with E-state index in [1.807, 2.05) is 32.6 Å². The predicted molar refractivity (Wildman–Crippen MR) is 105 cm³/mol. The summed E-state index contributed by atoms with van der Waals surface area (Å²) in [5.74, 6) is -0.0956. The molecule has 2 aliphatic heterocycles. The van der Waals surface area contributed by atoms with Crippen LogP contribution in [0.4, 0.5) is 4.79 Å². The van der Waals surface area contributed by atoms with Gasteiger partial charge in [-0.25, -0.2) is 4.79 Å². The van der Waals surface area contributed by atoms with E-state index in [-0.39, 0.29) is 18.8 Å². The Bertz CT molecular complexity index is 638. The van der Waals surface area contributed by atoms with Crippen LogP contribution in [0.5, 0.6) is 0 Å². The Morgan fingerprint density at radius 3 is 2.14 bits per heavy atom. The zero-order chi connectivity index (χ0) is 20.9. The van der Waals surface area contributed by atoms with Crippen LogP contribution in [0, 0.1) is 5.92 Å². The molecule has 2 heterocycles. The number of carbonyl (C=O) groups is 2. The van der Waals surface area contributed by atoms with E-state index in [0.29, 0.717) is 51.7 Å². The molecule has 0 unspecified atom stereocenters. The minimum absolute atomic E-state index is 0.0641. The van der Waals surface area contributed by atoms with Gasteiger partial charge in [-0.2, -0.15) is 17.0 Å².